The molecule has 7 nitrogen and oxygen atoms in total. The Labute approximate surface area is 175 Å². The number of methoxy groups -OCH3 is 1. The molecule has 0 saturated carbocycles. The predicted octanol–water partition coefficient (Wildman–Crippen LogP) is 2.11. The van der Waals surface area contributed by atoms with Crippen LogP contribution in [0.3, 0.4) is 0 Å². The third-order valence-electron chi connectivity index (χ3n) is 5.44. The van der Waals surface area contributed by atoms with Crippen molar-refractivity contribution >= 4 is 34.2 Å². The van der Waals surface area contributed by atoms with Gasteiger partial charge in [0.1, 0.15) is 7.05 Å². The van der Waals surface area contributed by atoms with Crippen LogP contribution in [0.2, 0.25) is 0 Å². The quantitative estimate of drug-likeness (QED) is 0.514. The van der Waals surface area contributed by atoms with Crippen LogP contribution >= 0.6 is 0 Å². The van der Waals surface area contributed by atoms with E-state index in [-0.39, 0.29) is 5.91 Å². The number of nitrogens with one attached hydrogen (secondary N) is 2. The lowest BCUT2D eigenvalue weighted by Gasteiger charge is -2.29. The SMILES string of the molecule is COC(=O)c1ccc(NC(=O)c2ccc3ccc(N4CCNCC4)cc3[n+]2C)cc1. The molecule has 4 rings (SSSR count). The van der Waals surface area contributed by atoms with Crippen molar-refractivity contribution in [2.45, 2.75) is 0 Å². The maximum Gasteiger partial charge on any atom is 0.337 e. The number of hydrogen-bond acceptors (Lipinski definition) is 5. The van der Waals surface area contributed by atoms with Crippen molar-refractivity contribution in [3.8, 4) is 0 Å². The summed E-state index contributed by atoms with van der Waals surface area (Å²) >= 11 is 0. The van der Waals surface area contributed by atoms with E-state index >= 15 is 0 Å². The Kier molecular flexibility index (Phi) is 5.63. The fourth-order valence-corrected chi connectivity index (χ4v) is 3.72. The molecule has 1 aliphatic heterocycles. The van der Waals surface area contributed by atoms with E-state index in [9.17, 15) is 9.59 Å². The van der Waals surface area contributed by atoms with Crippen molar-refractivity contribution in [2.75, 3.05) is 43.5 Å². The van der Waals surface area contributed by atoms with E-state index in [1.165, 1.54) is 7.11 Å². The zero-order chi connectivity index (χ0) is 21.1. The molecule has 0 bridgehead atoms. The monoisotopic (exact) mass is 405 g/mol. The molecule has 0 spiro atoms. The van der Waals surface area contributed by atoms with Crippen LogP contribution < -0.4 is 20.1 Å². The maximum absolute atomic E-state index is 12.9. The second kappa shape index (κ2) is 8.51. The van der Waals surface area contributed by atoms with Crippen LogP contribution in [0.25, 0.3) is 10.9 Å². The van der Waals surface area contributed by atoms with E-state index < -0.39 is 5.97 Å². The van der Waals surface area contributed by atoms with Crippen molar-refractivity contribution in [1.82, 2.24) is 5.32 Å². The highest BCUT2D eigenvalue weighted by atomic mass is 16.5. The number of carbonyl (C=O) groups is 2. The second-order valence-corrected chi connectivity index (χ2v) is 7.28. The third kappa shape index (κ3) is 3.97. The normalized spacial score (nSPS) is 13.9. The fraction of sp³-hybridized carbons (Fsp3) is 0.261. The molecular formula is C23H25N4O3+. The highest BCUT2D eigenvalue weighted by molar-refractivity contribution is 6.02. The summed E-state index contributed by atoms with van der Waals surface area (Å²) in [5.41, 5.74) is 3.77. The summed E-state index contributed by atoms with van der Waals surface area (Å²) in [4.78, 5) is 26.8. The van der Waals surface area contributed by atoms with Gasteiger partial charge < -0.3 is 20.3 Å². The molecule has 1 amide bonds. The molecule has 2 aromatic carbocycles. The van der Waals surface area contributed by atoms with Crippen molar-refractivity contribution < 1.29 is 18.9 Å². The molecule has 0 atom stereocenters. The molecule has 0 aliphatic carbocycles. The number of hydrogen-bond donors (Lipinski definition) is 2. The molecule has 154 valence electrons. The van der Waals surface area contributed by atoms with Gasteiger partial charge in [-0.25, -0.2) is 4.79 Å². The molecule has 1 fully saturated rings. The summed E-state index contributed by atoms with van der Waals surface area (Å²) in [6, 6.07) is 16.8. The molecule has 2 N–H and O–H groups in total. The largest absolute Gasteiger partial charge is 0.465 e. The summed E-state index contributed by atoms with van der Waals surface area (Å²) < 4.78 is 6.62. The average Bonchev–Trinajstić information content (AvgIpc) is 2.79. The van der Waals surface area contributed by atoms with Gasteiger partial charge in [0.25, 0.3) is 5.69 Å². The first-order valence-electron chi connectivity index (χ1n) is 9.95. The lowest BCUT2D eigenvalue weighted by atomic mass is 10.1. The molecular weight excluding hydrogens is 380 g/mol. The van der Waals surface area contributed by atoms with Gasteiger partial charge in [0.15, 0.2) is 0 Å². The lowest BCUT2D eigenvalue weighted by molar-refractivity contribution is -0.646. The Morgan fingerprint density at radius 3 is 2.43 bits per heavy atom. The van der Waals surface area contributed by atoms with Gasteiger partial charge >= 0.3 is 11.9 Å². The van der Waals surface area contributed by atoms with E-state index in [1.807, 2.05) is 23.7 Å². The standard InChI is InChI=1S/C23H24N4O3/c1-26-20(22(28)25-18-7-3-17(4-8-18)23(29)30-2)10-6-16-5-9-19(15-21(16)26)27-13-11-24-12-14-27/h3-10,15,24H,11-14H2,1-2H3/p+1. The Hall–Kier alpha value is -3.45. The zero-order valence-electron chi connectivity index (χ0n) is 17.1. The summed E-state index contributed by atoms with van der Waals surface area (Å²) in [5, 5.41) is 7.34. The van der Waals surface area contributed by atoms with E-state index in [4.69, 9.17) is 4.74 Å². The van der Waals surface area contributed by atoms with Crippen LogP contribution in [0.15, 0.2) is 54.6 Å². The number of aromatic nitrogens is 1. The number of rotatable bonds is 4. The van der Waals surface area contributed by atoms with Crippen LogP contribution in [0.1, 0.15) is 20.8 Å². The lowest BCUT2D eigenvalue weighted by Crippen LogP contribution is -2.44. The Bertz CT molecular complexity index is 1090. The average molecular weight is 405 g/mol. The van der Waals surface area contributed by atoms with E-state index in [0.717, 1.165) is 42.8 Å². The number of pyridine rings is 1. The highest BCUT2D eigenvalue weighted by Gasteiger charge is 2.21. The summed E-state index contributed by atoms with van der Waals surface area (Å²) in [6.07, 6.45) is 0. The van der Waals surface area contributed by atoms with Gasteiger partial charge in [0.05, 0.1) is 12.7 Å². The third-order valence-corrected chi connectivity index (χ3v) is 5.44. The number of carbonyl (C=O) groups excluding carboxylic acids is 2. The summed E-state index contributed by atoms with van der Waals surface area (Å²) in [7, 11) is 3.24. The molecule has 2 heterocycles. The highest BCUT2D eigenvalue weighted by Crippen LogP contribution is 2.21. The molecule has 1 aliphatic rings. The number of aryl methyl sites for hydroxylation is 1. The van der Waals surface area contributed by atoms with Crippen molar-refractivity contribution in [3.05, 3.63) is 65.9 Å². The summed E-state index contributed by atoms with van der Waals surface area (Å²) in [6.45, 7) is 3.89. The first kappa shape index (κ1) is 19.8. The number of anilines is 2. The fourth-order valence-electron chi connectivity index (χ4n) is 3.72. The van der Waals surface area contributed by atoms with Gasteiger partial charge in [0, 0.05) is 55.1 Å². The number of benzene rings is 2. The number of nitrogens with zero attached hydrogens (tertiary/aromatic N) is 2. The van der Waals surface area contributed by atoms with Crippen LogP contribution in [0.5, 0.6) is 0 Å². The predicted molar refractivity (Wildman–Crippen MR) is 116 cm³/mol. The molecule has 30 heavy (non-hydrogen) atoms. The van der Waals surface area contributed by atoms with Gasteiger partial charge in [-0.3, -0.25) is 4.79 Å². The Morgan fingerprint density at radius 2 is 1.73 bits per heavy atom. The number of ether oxygens (including phenoxy) is 1. The summed E-state index contributed by atoms with van der Waals surface area (Å²) in [5.74, 6) is -0.619. The Morgan fingerprint density at radius 1 is 1.03 bits per heavy atom. The number of fused-ring (bicyclic) bond motifs is 1. The van der Waals surface area contributed by atoms with E-state index in [0.29, 0.717) is 16.9 Å². The molecule has 7 heteroatoms. The van der Waals surface area contributed by atoms with E-state index in [2.05, 4.69) is 33.7 Å². The van der Waals surface area contributed by atoms with Crippen molar-refractivity contribution in [1.29, 1.82) is 0 Å². The molecule has 1 saturated heterocycles. The second-order valence-electron chi connectivity index (χ2n) is 7.28. The number of esters is 1. The molecule has 0 unspecified atom stereocenters. The first-order valence-corrected chi connectivity index (χ1v) is 9.95. The van der Waals surface area contributed by atoms with Gasteiger partial charge in [-0.1, -0.05) is 0 Å². The zero-order valence-corrected chi connectivity index (χ0v) is 17.1. The molecule has 0 radical (unpaired) electrons. The van der Waals surface area contributed by atoms with Crippen molar-refractivity contribution in [2.24, 2.45) is 7.05 Å². The van der Waals surface area contributed by atoms with Crippen LogP contribution in [-0.2, 0) is 11.8 Å². The van der Waals surface area contributed by atoms with Crippen LogP contribution in [0, 0.1) is 0 Å². The van der Waals surface area contributed by atoms with Gasteiger partial charge in [-0.15, -0.1) is 0 Å². The maximum atomic E-state index is 12.9. The number of amides is 1. The van der Waals surface area contributed by atoms with E-state index in [1.54, 1.807) is 24.3 Å². The van der Waals surface area contributed by atoms with Gasteiger partial charge in [-0.2, -0.15) is 4.57 Å². The smallest absolute Gasteiger partial charge is 0.337 e. The molecule has 1 aromatic heterocycles. The van der Waals surface area contributed by atoms with Crippen LogP contribution in [-0.4, -0.2) is 45.2 Å². The van der Waals surface area contributed by atoms with Crippen LogP contribution in [0.4, 0.5) is 11.4 Å². The minimum Gasteiger partial charge on any atom is -0.465 e. The number of piperazine rings is 1. The van der Waals surface area contributed by atoms with Gasteiger partial charge in [0.2, 0.25) is 5.52 Å². The Balaban J connectivity index is 1.59. The van der Waals surface area contributed by atoms with Gasteiger partial charge in [-0.05, 0) is 42.5 Å². The topological polar surface area (TPSA) is 74.5 Å². The molecule has 3 aromatic rings. The van der Waals surface area contributed by atoms with Crippen molar-refractivity contribution in [3.63, 3.8) is 0 Å². The first-order chi connectivity index (χ1) is 14.6. The minimum atomic E-state index is -0.408. The minimum absolute atomic E-state index is 0.210.